The lowest BCUT2D eigenvalue weighted by molar-refractivity contribution is 0.289. The Labute approximate surface area is 105 Å². The smallest absolute Gasteiger partial charge is 0.167 e. The summed E-state index contributed by atoms with van der Waals surface area (Å²) in [5.74, 6) is -0.234. The highest BCUT2D eigenvalue weighted by atomic mass is 19.1. The first-order valence-corrected chi connectivity index (χ1v) is 5.65. The third kappa shape index (κ3) is 2.77. The van der Waals surface area contributed by atoms with E-state index in [0.29, 0.717) is 5.69 Å². The summed E-state index contributed by atoms with van der Waals surface area (Å²) in [4.78, 5) is 4.06. The van der Waals surface area contributed by atoms with Crippen LogP contribution >= 0.6 is 0 Å². The standard InChI is InChI=1S/C14H15FN2O/c1-9-3-11(7-17-6-9)8-18-14-4-10(2)13(16)5-12(14)15/h3-7H,8,16H2,1-2H3. The molecule has 1 aromatic carbocycles. The van der Waals surface area contributed by atoms with Gasteiger partial charge in [-0.05, 0) is 37.1 Å². The van der Waals surface area contributed by atoms with Crippen molar-refractivity contribution in [3.8, 4) is 5.75 Å². The van der Waals surface area contributed by atoms with Gasteiger partial charge in [-0.1, -0.05) is 0 Å². The van der Waals surface area contributed by atoms with E-state index in [9.17, 15) is 4.39 Å². The van der Waals surface area contributed by atoms with Crippen LogP contribution in [0.2, 0.25) is 0 Å². The van der Waals surface area contributed by atoms with E-state index in [1.807, 2.05) is 19.9 Å². The fourth-order valence-electron chi connectivity index (χ4n) is 1.64. The second-order valence-corrected chi connectivity index (χ2v) is 4.30. The van der Waals surface area contributed by atoms with Crippen molar-refractivity contribution in [2.24, 2.45) is 0 Å². The molecular formula is C14H15FN2O. The largest absolute Gasteiger partial charge is 0.486 e. The monoisotopic (exact) mass is 246 g/mol. The molecule has 18 heavy (non-hydrogen) atoms. The SMILES string of the molecule is Cc1cncc(COc2cc(C)c(N)cc2F)c1. The van der Waals surface area contributed by atoms with Crippen molar-refractivity contribution >= 4 is 5.69 Å². The summed E-state index contributed by atoms with van der Waals surface area (Å²) >= 11 is 0. The third-order valence-corrected chi connectivity index (χ3v) is 2.65. The molecule has 1 aromatic heterocycles. The molecule has 0 saturated heterocycles. The summed E-state index contributed by atoms with van der Waals surface area (Å²) in [5.41, 5.74) is 8.79. The predicted molar refractivity (Wildman–Crippen MR) is 68.9 cm³/mol. The summed E-state index contributed by atoms with van der Waals surface area (Å²) in [6, 6.07) is 4.84. The number of rotatable bonds is 3. The Kier molecular flexibility index (Phi) is 3.46. The molecule has 0 atom stereocenters. The molecule has 0 radical (unpaired) electrons. The normalized spacial score (nSPS) is 10.4. The number of ether oxygens (including phenoxy) is 1. The van der Waals surface area contributed by atoms with Gasteiger partial charge in [0, 0.05) is 29.7 Å². The van der Waals surface area contributed by atoms with Gasteiger partial charge in [-0.3, -0.25) is 4.98 Å². The zero-order valence-corrected chi connectivity index (χ0v) is 10.4. The van der Waals surface area contributed by atoms with E-state index >= 15 is 0 Å². The summed E-state index contributed by atoms with van der Waals surface area (Å²) < 4.78 is 19.0. The van der Waals surface area contributed by atoms with Crippen LogP contribution in [0.5, 0.6) is 5.75 Å². The topological polar surface area (TPSA) is 48.1 Å². The van der Waals surface area contributed by atoms with Crippen molar-refractivity contribution in [1.82, 2.24) is 4.98 Å². The Hall–Kier alpha value is -2.10. The minimum Gasteiger partial charge on any atom is -0.486 e. The van der Waals surface area contributed by atoms with Gasteiger partial charge in [-0.25, -0.2) is 4.39 Å². The van der Waals surface area contributed by atoms with Crippen molar-refractivity contribution in [3.05, 3.63) is 53.1 Å². The Morgan fingerprint density at radius 1 is 1.22 bits per heavy atom. The number of halogens is 1. The van der Waals surface area contributed by atoms with Crippen LogP contribution in [0.3, 0.4) is 0 Å². The highest BCUT2D eigenvalue weighted by molar-refractivity contribution is 5.50. The highest BCUT2D eigenvalue weighted by Crippen LogP contribution is 2.24. The number of nitrogens with zero attached hydrogens (tertiary/aromatic N) is 1. The molecule has 0 unspecified atom stereocenters. The van der Waals surface area contributed by atoms with Crippen LogP contribution in [0.4, 0.5) is 10.1 Å². The van der Waals surface area contributed by atoms with Gasteiger partial charge in [0.2, 0.25) is 0 Å². The molecule has 0 saturated carbocycles. The molecule has 2 rings (SSSR count). The zero-order chi connectivity index (χ0) is 13.1. The van der Waals surface area contributed by atoms with Crippen molar-refractivity contribution in [2.45, 2.75) is 20.5 Å². The van der Waals surface area contributed by atoms with Gasteiger partial charge in [0.15, 0.2) is 11.6 Å². The van der Waals surface area contributed by atoms with Crippen LogP contribution < -0.4 is 10.5 Å². The van der Waals surface area contributed by atoms with Gasteiger partial charge in [0.1, 0.15) is 6.61 Å². The predicted octanol–water partition coefficient (Wildman–Crippen LogP) is 3.00. The van der Waals surface area contributed by atoms with Crippen LogP contribution in [0.15, 0.2) is 30.6 Å². The van der Waals surface area contributed by atoms with Gasteiger partial charge in [0.25, 0.3) is 0 Å². The molecule has 2 aromatic rings. The first kappa shape index (κ1) is 12.4. The second kappa shape index (κ2) is 5.04. The minimum absolute atomic E-state index is 0.211. The van der Waals surface area contributed by atoms with Gasteiger partial charge >= 0.3 is 0 Å². The van der Waals surface area contributed by atoms with Crippen molar-refractivity contribution in [3.63, 3.8) is 0 Å². The van der Waals surface area contributed by atoms with E-state index < -0.39 is 5.82 Å². The number of benzene rings is 1. The van der Waals surface area contributed by atoms with E-state index in [1.54, 1.807) is 18.5 Å². The van der Waals surface area contributed by atoms with Crippen LogP contribution in [0, 0.1) is 19.7 Å². The van der Waals surface area contributed by atoms with Crippen molar-refractivity contribution < 1.29 is 9.13 Å². The Bertz CT molecular complexity index is 570. The molecule has 3 nitrogen and oxygen atoms in total. The molecule has 94 valence electrons. The fraction of sp³-hybridized carbons (Fsp3) is 0.214. The Morgan fingerprint density at radius 2 is 2.00 bits per heavy atom. The van der Waals surface area contributed by atoms with E-state index in [0.717, 1.165) is 16.7 Å². The van der Waals surface area contributed by atoms with E-state index in [4.69, 9.17) is 10.5 Å². The number of aryl methyl sites for hydroxylation is 2. The van der Waals surface area contributed by atoms with Gasteiger partial charge in [0.05, 0.1) is 0 Å². The molecule has 0 aliphatic rings. The lowest BCUT2D eigenvalue weighted by Gasteiger charge is -2.09. The maximum Gasteiger partial charge on any atom is 0.167 e. The van der Waals surface area contributed by atoms with Gasteiger partial charge in [-0.15, -0.1) is 0 Å². The first-order chi connectivity index (χ1) is 8.56. The first-order valence-electron chi connectivity index (χ1n) is 5.65. The Morgan fingerprint density at radius 3 is 2.72 bits per heavy atom. The maximum atomic E-state index is 13.6. The summed E-state index contributed by atoms with van der Waals surface area (Å²) in [7, 11) is 0. The molecule has 0 aliphatic heterocycles. The molecule has 1 heterocycles. The van der Waals surface area contributed by atoms with E-state index in [2.05, 4.69) is 4.98 Å². The number of hydrogen-bond donors (Lipinski definition) is 1. The Balaban J connectivity index is 2.13. The van der Waals surface area contributed by atoms with E-state index in [1.165, 1.54) is 6.07 Å². The number of aromatic nitrogens is 1. The molecule has 0 spiro atoms. The zero-order valence-electron chi connectivity index (χ0n) is 10.4. The molecule has 0 fully saturated rings. The van der Waals surface area contributed by atoms with Crippen molar-refractivity contribution in [1.29, 1.82) is 0 Å². The molecule has 2 N–H and O–H groups in total. The second-order valence-electron chi connectivity index (χ2n) is 4.30. The maximum absolute atomic E-state index is 13.6. The molecule has 4 heteroatoms. The van der Waals surface area contributed by atoms with Crippen LogP contribution in [0.1, 0.15) is 16.7 Å². The highest BCUT2D eigenvalue weighted by Gasteiger charge is 2.07. The third-order valence-electron chi connectivity index (χ3n) is 2.65. The number of pyridine rings is 1. The van der Waals surface area contributed by atoms with Crippen molar-refractivity contribution in [2.75, 3.05) is 5.73 Å². The summed E-state index contributed by atoms with van der Waals surface area (Å²) in [5, 5.41) is 0. The lowest BCUT2D eigenvalue weighted by atomic mass is 10.2. The van der Waals surface area contributed by atoms with Gasteiger partial charge < -0.3 is 10.5 Å². The molecule has 0 bridgehead atoms. The summed E-state index contributed by atoms with van der Waals surface area (Å²) in [6.45, 7) is 4.05. The molecular weight excluding hydrogens is 231 g/mol. The van der Waals surface area contributed by atoms with Crippen LogP contribution in [-0.2, 0) is 6.61 Å². The minimum atomic E-state index is -0.446. The number of nitrogen functional groups attached to an aromatic ring is 1. The molecule has 0 aliphatic carbocycles. The quantitative estimate of drug-likeness (QED) is 0.847. The molecule has 0 amide bonds. The average Bonchev–Trinajstić information content (AvgIpc) is 2.32. The average molecular weight is 246 g/mol. The number of anilines is 1. The van der Waals surface area contributed by atoms with Crippen LogP contribution in [0.25, 0.3) is 0 Å². The van der Waals surface area contributed by atoms with Crippen LogP contribution in [-0.4, -0.2) is 4.98 Å². The number of nitrogens with two attached hydrogens (primary N) is 1. The summed E-state index contributed by atoms with van der Waals surface area (Å²) in [6.07, 6.45) is 3.46. The fourth-order valence-corrected chi connectivity index (χ4v) is 1.64. The van der Waals surface area contributed by atoms with E-state index in [-0.39, 0.29) is 12.4 Å². The van der Waals surface area contributed by atoms with Gasteiger partial charge in [-0.2, -0.15) is 0 Å². The lowest BCUT2D eigenvalue weighted by Crippen LogP contribution is -2.00. The number of hydrogen-bond acceptors (Lipinski definition) is 3.